The SMILES string of the molecule is CCOC(=O)c1sc(NC(=O)C2CCCN2S(=O)(=O)c2ccc(Cl)s2)c(C(=O)OCC)c1C. The second-order valence-electron chi connectivity index (χ2n) is 7.02. The van der Waals surface area contributed by atoms with Gasteiger partial charge in [-0.25, -0.2) is 18.0 Å². The van der Waals surface area contributed by atoms with Crippen LogP contribution in [0.5, 0.6) is 0 Å². The van der Waals surface area contributed by atoms with Crippen molar-refractivity contribution in [1.29, 1.82) is 0 Å². The fraction of sp³-hybridized carbons (Fsp3) is 0.450. The van der Waals surface area contributed by atoms with Crippen LogP contribution in [-0.2, 0) is 24.3 Å². The van der Waals surface area contributed by atoms with Crippen LogP contribution in [0.25, 0.3) is 0 Å². The molecule has 2 aromatic rings. The largest absolute Gasteiger partial charge is 0.462 e. The maximum absolute atomic E-state index is 13.2. The number of rotatable bonds is 8. The van der Waals surface area contributed by atoms with Gasteiger partial charge < -0.3 is 14.8 Å². The number of halogens is 1. The lowest BCUT2D eigenvalue weighted by molar-refractivity contribution is -0.119. The van der Waals surface area contributed by atoms with Gasteiger partial charge in [0.2, 0.25) is 5.91 Å². The Hall–Kier alpha value is -1.99. The van der Waals surface area contributed by atoms with Gasteiger partial charge in [0.05, 0.1) is 23.1 Å². The van der Waals surface area contributed by atoms with Crippen molar-refractivity contribution < 1.29 is 32.3 Å². The van der Waals surface area contributed by atoms with Gasteiger partial charge in [0.15, 0.2) is 0 Å². The molecule has 0 radical (unpaired) electrons. The number of carbonyl (C=O) groups is 3. The van der Waals surface area contributed by atoms with Crippen LogP contribution < -0.4 is 5.32 Å². The van der Waals surface area contributed by atoms with Crippen molar-refractivity contribution >= 4 is 67.1 Å². The molecule has 1 fully saturated rings. The van der Waals surface area contributed by atoms with Crippen LogP contribution in [0.1, 0.15) is 52.3 Å². The molecule has 0 aromatic carbocycles. The summed E-state index contributed by atoms with van der Waals surface area (Å²) >= 11 is 7.70. The number of anilines is 1. The van der Waals surface area contributed by atoms with E-state index < -0.39 is 33.9 Å². The van der Waals surface area contributed by atoms with Gasteiger partial charge in [-0.1, -0.05) is 11.6 Å². The van der Waals surface area contributed by atoms with E-state index in [1.165, 1.54) is 12.1 Å². The number of hydrogen-bond donors (Lipinski definition) is 1. The Labute approximate surface area is 204 Å². The van der Waals surface area contributed by atoms with Crippen LogP contribution in [0.4, 0.5) is 5.00 Å². The van der Waals surface area contributed by atoms with Gasteiger partial charge in [0.25, 0.3) is 10.0 Å². The minimum atomic E-state index is -3.92. The van der Waals surface area contributed by atoms with Gasteiger partial charge in [0, 0.05) is 6.54 Å². The highest BCUT2D eigenvalue weighted by atomic mass is 35.5. The van der Waals surface area contributed by atoms with E-state index in [0.717, 1.165) is 27.0 Å². The molecule has 1 aliphatic rings. The van der Waals surface area contributed by atoms with Crippen molar-refractivity contribution in [2.45, 2.75) is 43.9 Å². The molecule has 0 saturated carbocycles. The number of hydrogen-bond acceptors (Lipinski definition) is 9. The second kappa shape index (κ2) is 10.5. The molecule has 1 aliphatic heterocycles. The molecule has 1 amide bonds. The third kappa shape index (κ3) is 5.24. The molecule has 13 heteroatoms. The zero-order valence-electron chi connectivity index (χ0n) is 18.2. The summed E-state index contributed by atoms with van der Waals surface area (Å²) in [4.78, 5) is 38.2. The van der Waals surface area contributed by atoms with Crippen LogP contribution in [0, 0.1) is 6.92 Å². The van der Waals surface area contributed by atoms with Gasteiger partial charge in [-0.3, -0.25) is 4.79 Å². The summed E-state index contributed by atoms with van der Waals surface area (Å²) in [5, 5.41) is 2.76. The Kier molecular flexibility index (Phi) is 8.17. The second-order valence-corrected chi connectivity index (χ2v) is 11.9. The van der Waals surface area contributed by atoms with Crippen LogP contribution in [0.15, 0.2) is 16.3 Å². The molecule has 1 N–H and O–H groups in total. The average Bonchev–Trinajstić information content (AvgIpc) is 3.47. The molecule has 33 heavy (non-hydrogen) atoms. The maximum Gasteiger partial charge on any atom is 0.348 e. The van der Waals surface area contributed by atoms with Gasteiger partial charge >= 0.3 is 11.9 Å². The van der Waals surface area contributed by atoms with Crippen molar-refractivity contribution in [3.8, 4) is 0 Å². The number of ether oxygens (including phenoxy) is 2. The van der Waals surface area contributed by atoms with Crippen molar-refractivity contribution in [1.82, 2.24) is 4.31 Å². The lowest BCUT2D eigenvalue weighted by Crippen LogP contribution is -2.42. The number of nitrogens with one attached hydrogen (secondary N) is 1. The standard InChI is InChI=1S/C20H23ClN2O7S3/c1-4-29-19(25)15-11(3)16(20(26)30-5-2)32-18(15)22-17(24)12-7-6-10-23(12)33(27,28)14-9-8-13(21)31-14/h8-9,12H,4-7,10H2,1-3H3,(H,22,24). The first-order chi connectivity index (χ1) is 15.6. The molecule has 1 unspecified atom stereocenters. The van der Waals surface area contributed by atoms with Gasteiger partial charge in [-0.05, 0) is 51.3 Å². The fourth-order valence-electron chi connectivity index (χ4n) is 3.48. The van der Waals surface area contributed by atoms with Gasteiger partial charge in [-0.2, -0.15) is 4.31 Å². The first kappa shape index (κ1) is 25.6. The topological polar surface area (TPSA) is 119 Å². The highest BCUT2D eigenvalue weighted by Gasteiger charge is 2.41. The maximum atomic E-state index is 13.2. The van der Waals surface area contributed by atoms with Crippen molar-refractivity contribution in [3.63, 3.8) is 0 Å². The number of sulfonamides is 1. The minimum Gasteiger partial charge on any atom is -0.462 e. The van der Waals surface area contributed by atoms with Crippen LogP contribution in [-0.4, -0.2) is 56.4 Å². The fourth-order valence-corrected chi connectivity index (χ4v) is 7.84. The van der Waals surface area contributed by atoms with Crippen molar-refractivity contribution in [2.24, 2.45) is 0 Å². The lowest BCUT2D eigenvalue weighted by atomic mass is 10.1. The van der Waals surface area contributed by atoms with Gasteiger partial charge in [0.1, 0.15) is 20.1 Å². The zero-order valence-corrected chi connectivity index (χ0v) is 21.4. The van der Waals surface area contributed by atoms with E-state index in [2.05, 4.69) is 5.32 Å². The van der Waals surface area contributed by atoms with E-state index in [-0.39, 0.29) is 39.4 Å². The Bertz CT molecular complexity index is 1170. The summed E-state index contributed by atoms with van der Waals surface area (Å²) < 4.78 is 37.8. The van der Waals surface area contributed by atoms with E-state index in [1.54, 1.807) is 20.8 Å². The van der Waals surface area contributed by atoms with Crippen LogP contribution in [0.2, 0.25) is 4.34 Å². The normalized spacial score (nSPS) is 16.5. The van der Waals surface area contributed by atoms with Gasteiger partial charge in [-0.15, -0.1) is 22.7 Å². The minimum absolute atomic E-state index is 0.0516. The Morgan fingerprint density at radius 1 is 1.15 bits per heavy atom. The summed E-state index contributed by atoms with van der Waals surface area (Å²) in [5.74, 6) is -1.91. The number of nitrogens with zero attached hydrogens (tertiary/aromatic N) is 1. The summed E-state index contributed by atoms with van der Waals surface area (Å²) in [5.41, 5.74) is 0.382. The van der Waals surface area contributed by atoms with Crippen molar-refractivity contribution in [3.05, 3.63) is 32.5 Å². The Morgan fingerprint density at radius 3 is 2.42 bits per heavy atom. The summed E-state index contributed by atoms with van der Waals surface area (Å²) in [6.07, 6.45) is 0.812. The molecular weight excluding hydrogens is 512 g/mol. The molecule has 1 saturated heterocycles. The smallest absolute Gasteiger partial charge is 0.348 e. The third-order valence-electron chi connectivity index (χ3n) is 4.94. The van der Waals surface area contributed by atoms with Crippen LogP contribution >= 0.6 is 34.3 Å². The zero-order chi connectivity index (χ0) is 24.3. The molecule has 0 bridgehead atoms. The summed E-state index contributed by atoms with van der Waals surface area (Å²) in [6.45, 7) is 5.30. The van der Waals surface area contributed by atoms with E-state index in [4.69, 9.17) is 21.1 Å². The molecule has 0 spiro atoms. The van der Waals surface area contributed by atoms with Crippen LogP contribution in [0.3, 0.4) is 0 Å². The molecule has 3 rings (SSSR count). The predicted octanol–water partition coefficient (Wildman–Crippen LogP) is 3.92. The highest BCUT2D eigenvalue weighted by molar-refractivity contribution is 7.91. The number of esters is 2. The monoisotopic (exact) mass is 534 g/mol. The number of amides is 1. The Morgan fingerprint density at radius 2 is 1.82 bits per heavy atom. The van der Waals surface area contributed by atoms with E-state index in [9.17, 15) is 22.8 Å². The molecule has 180 valence electrons. The van der Waals surface area contributed by atoms with E-state index >= 15 is 0 Å². The highest BCUT2D eigenvalue weighted by Crippen LogP contribution is 2.36. The molecule has 1 atom stereocenters. The summed E-state index contributed by atoms with van der Waals surface area (Å²) in [7, 11) is -3.92. The molecule has 0 aliphatic carbocycles. The summed E-state index contributed by atoms with van der Waals surface area (Å²) in [6, 6.07) is 1.92. The predicted molar refractivity (Wildman–Crippen MR) is 126 cm³/mol. The number of thiophene rings is 2. The quantitative estimate of drug-likeness (QED) is 0.510. The molecular formula is C20H23ClN2O7S3. The van der Waals surface area contributed by atoms with E-state index in [1.807, 2.05) is 0 Å². The lowest BCUT2D eigenvalue weighted by Gasteiger charge is -2.22. The molecule has 9 nitrogen and oxygen atoms in total. The first-order valence-corrected chi connectivity index (χ1v) is 13.6. The third-order valence-corrected chi connectivity index (χ3v) is 9.74. The number of carbonyl (C=O) groups excluding carboxylic acids is 3. The average molecular weight is 535 g/mol. The Balaban J connectivity index is 1.92. The van der Waals surface area contributed by atoms with E-state index in [0.29, 0.717) is 22.7 Å². The molecule has 3 heterocycles. The molecule has 2 aromatic heterocycles. The first-order valence-electron chi connectivity index (χ1n) is 10.2. The van der Waals surface area contributed by atoms with Crippen molar-refractivity contribution in [2.75, 3.05) is 25.1 Å².